The van der Waals surface area contributed by atoms with Crippen molar-refractivity contribution in [3.05, 3.63) is 48.8 Å². The third kappa shape index (κ3) is 4.18. The summed E-state index contributed by atoms with van der Waals surface area (Å²) in [4.78, 5) is 34.9. The smallest absolute Gasteiger partial charge is 0.414 e. The van der Waals surface area contributed by atoms with Gasteiger partial charge in [-0.2, -0.15) is 0 Å². The van der Waals surface area contributed by atoms with E-state index in [1.807, 2.05) is 47.0 Å². The van der Waals surface area contributed by atoms with Crippen LogP contribution in [0.25, 0.3) is 11.5 Å². The molecule has 0 unspecified atom stereocenters. The molecule has 1 saturated carbocycles. The predicted octanol–water partition coefficient (Wildman–Crippen LogP) is 4.10. The molecule has 0 bridgehead atoms. The second kappa shape index (κ2) is 8.77. The first kappa shape index (κ1) is 21.9. The molecule has 1 aliphatic carbocycles. The molecule has 2 fully saturated rings. The minimum Gasteiger partial charge on any atom is -0.446 e. The monoisotopic (exact) mass is 461 g/mol. The molecule has 0 N–H and O–H groups in total. The van der Waals surface area contributed by atoms with Gasteiger partial charge in [0.2, 0.25) is 0 Å². The Balaban J connectivity index is 1.31. The van der Waals surface area contributed by atoms with Crippen molar-refractivity contribution in [2.24, 2.45) is 0 Å². The van der Waals surface area contributed by atoms with Gasteiger partial charge in [-0.1, -0.05) is 6.07 Å². The van der Waals surface area contributed by atoms with Crippen molar-refractivity contribution >= 4 is 29.3 Å². The Hall–Kier alpha value is -3.95. The summed E-state index contributed by atoms with van der Waals surface area (Å²) in [7, 11) is 1.68. The lowest BCUT2D eigenvalue weighted by atomic mass is 10.2. The van der Waals surface area contributed by atoms with Gasteiger partial charge in [0.1, 0.15) is 23.9 Å². The fourth-order valence-electron chi connectivity index (χ4n) is 3.86. The number of anilines is 3. The molecule has 176 valence electrons. The number of pyridine rings is 1. The average molecular weight is 462 g/mol. The van der Waals surface area contributed by atoms with E-state index < -0.39 is 0 Å². The number of amides is 3. The highest BCUT2D eigenvalue weighted by molar-refractivity contribution is 6.05. The Labute approximate surface area is 197 Å². The molecule has 2 aliphatic rings. The average Bonchev–Trinajstić information content (AvgIpc) is 3.36. The second-order valence-corrected chi connectivity index (χ2v) is 8.78. The standard InChI is InChI=1S/C24H27N7O3/c1-16(2)31-15-25-27-22(31)20-5-4-6-21(26-20)30-14-13-29(23(30)32)18-9-7-17(8-10-18)28(3)24(33)34-19-11-12-19/h4-10,15-16,19H,11-14H2,1-3H3. The number of carbonyl (C=O) groups is 2. The lowest BCUT2D eigenvalue weighted by molar-refractivity contribution is 0.148. The van der Waals surface area contributed by atoms with Gasteiger partial charge in [-0.25, -0.2) is 14.6 Å². The van der Waals surface area contributed by atoms with E-state index in [9.17, 15) is 9.59 Å². The quantitative estimate of drug-likeness (QED) is 0.548. The van der Waals surface area contributed by atoms with Crippen LogP contribution < -0.4 is 14.7 Å². The number of carbonyl (C=O) groups excluding carboxylic acids is 2. The molecule has 1 aromatic carbocycles. The molecular weight excluding hydrogens is 434 g/mol. The molecule has 1 aliphatic heterocycles. The number of rotatable bonds is 6. The van der Waals surface area contributed by atoms with Gasteiger partial charge in [0, 0.05) is 37.6 Å². The first-order valence-corrected chi connectivity index (χ1v) is 11.4. The maximum atomic E-state index is 13.2. The van der Waals surface area contributed by atoms with Gasteiger partial charge in [-0.05, 0) is 63.1 Å². The van der Waals surface area contributed by atoms with E-state index in [2.05, 4.69) is 24.0 Å². The zero-order chi connectivity index (χ0) is 23.8. The number of nitrogens with zero attached hydrogens (tertiary/aromatic N) is 7. The molecule has 3 aromatic rings. The largest absolute Gasteiger partial charge is 0.446 e. The van der Waals surface area contributed by atoms with Crippen LogP contribution >= 0.6 is 0 Å². The summed E-state index contributed by atoms with van der Waals surface area (Å²) in [6.07, 6.45) is 3.24. The lowest BCUT2D eigenvalue weighted by Gasteiger charge is -2.20. The van der Waals surface area contributed by atoms with Gasteiger partial charge in [0.25, 0.3) is 0 Å². The van der Waals surface area contributed by atoms with Crippen molar-refractivity contribution in [1.29, 1.82) is 0 Å². The molecule has 0 radical (unpaired) electrons. The molecule has 34 heavy (non-hydrogen) atoms. The fraction of sp³-hybridized carbons (Fsp3) is 0.375. The summed E-state index contributed by atoms with van der Waals surface area (Å²) in [5, 5.41) is 8.22. The van der Waals surface area contributed by atoms with E-state index >= 15 is 0 Å². The van der Waals surface area contributed by atoms with Gasteiger partial charge in [0.15, 0.2) is 5.82 Å². The normalized spacial score (nSPS) is 15.8. The Morgan fingerprint density at radius 1 is 1.09 bits per heavy atom. The highest BCUT2D eigenvalue weighted by Crippen LogP contribution is 2.29. The topological polar surface area (TPSA) is 96.7 Å². The van der Waals surface area contributed by atoms with Crippen LogP contribution in [0.1, 0.15) is 32.7 Å². The van der Waals surface area contributed by atoms with Crippen LogP contribution in [0.4, 0.5) is 26.8 Å². The summed E-state index contributed by atoms with van der Waals surface area (Å²) in [6.45, 7) is 5.16. The minimum absolute atomic E-state index is 0.0521. The van der Waals surface area contributed by atoms with Crippen molar-refractivity contribution in [3.8, 4) is 11.5 Å². The van der Waals surface area contributed by atoms with Crippen LogP contribution in [0.2, 0.25) is 0 Å². The third-order valence-corrected chi connectivity index (χ3v) is 5.99. The molecule has 0 spiro atoms. The van der Waals surface area contributed by atoms with Gasteiger partial charge >= 0.3 is 12.1 Å². The molecule has 1 saturated heterocycles. The van der Waals surface area contributed by atoms with Crippen molar-refractivity contribution in [2.45, 2.75) is 38.8 Å². The van der Waals surface area contributed by atoms with Crippen LogP contribution in [0.15, 0.2) is 48.8 Å². The first-order chi connectivity index (χ1) is 16.4. The van der Waals surface area contributed by atoms with Crippen molar-refractivity contribution < 1.29 is 14.3 Å². The van der Waals surface area contributed by atoms with Gasteiger partial charge in [0.05, 0.1) is 0 Å². The summed E-state index contributed by atoms with van der Waals surface area (Å²) in [6, 6.07) is 12.9. The zero-order valence-electron chi connectivity index (χ0n) is 19.5. The number of ether oxygens (including phenoxy) is 1. The van der Waals surface area contributed by atoms with Crippen LogP contribution in [0.3, 0.4) is 0 Å². The predicted molar refractivity (Wildman–Crippen MR) is 128 cm³/mol. The van der Waals surface area contributed by atoms with Gasteiger partial charge in [-0.15, -0.1) is 10.2 Å². The van der Waals surface area contributed by atoms with E-state index in [-0.39, 0.29) is 24.3 Å². The number of aromatic nitrogens is 4. The van der Waals surface area contributed by atoms with Crippen molar-refractivity contribution in [2.75, 3.05) is 34.8 Å². The third-order valence-electron chi connectivity index (χ3n) is 5.99. The van der Waals surface area contributed by atoms with Crippen LogP contribution in [0, 0.1) is 0 Å². The lowest BCUT2D eigenvalue weighted by Crippen LogP contribution is -2.32. The SMILES string of the molecule is CC(C)n1cnnc1-c1cccc(N2CCN(c3ccc(N(C)C(=O)OC4CC4)cc3)C2=O)n1. The van der Waals surface area contributed by atoms with Gasteiger partial charge < -0.3 is 9.30 Å². The molecule has 2 aromatic heterocycles. The highest BCUT2D eigenvalue weighted by Gasteiger charge is 2.32. The molecule has 0 atom stereocenters. The molecule has 10 nitrogen and oxygen atoms in total. The number of urea groups is 1. The number of hydrogen-bond acceptors (Lipinski definition) is 6. The Morgan fingerprint density at radius 2 is 1.82 bits per heavy atom. The maximum absolute atomic E-state index is 13.2. The Morgan fingerprint density at radius 3 is 2.53 bits per heavy atom. The highest BCUT2D eigenvalue weighted by atomic mass is 16.6. The molecule has 3 amide bonds. The Bertz CT molecular complexity index is 1200. The number of benzene rings is 1. The number of hydrogen-bond donors (Lipinski definition) is 0. The molecule has 3 heterocycles. The van der Waals surface area contributed by atoms with Crippen molar-refractivity contribution in [3.63, 3.8) is 0 Å². The van der Waals surface area contributed by atoms with E-state index in [4.69, 9.17) is 9.72 Å². The summed E-state index contributed by atoms with van der Waals surface area (Å²) < 4.78 is 7.29. The second-order valence-electron chi connectivity index (χ2n) is 8.78. The zero-order valence-corrected chi connectivity index (χ0v) is 19.5. The Kier molecular flexibility index (Phi) is 5.64. The van der Waals surface area contributed by atoms with Crippen molar-refractivity contribution in [1.82, 2.24) is 19.7 Å². The van der Waals surface area contributed by atoms with Crippen LogP contribution in [-0.4, -0.2) is 58.1 Å². The first-order valence-electron chi connectivity index (χ1n) is 11.4. The summed E-state index contributed by atoms with van der Waals surface area (Å²) in [5.74, 6) is 1.24. The van der Waals surface area contributed by atoms with E-state index in [0.29, 0.717) is 36.1 Å². The molecule has 5 rings (SSSR count). The van der Waals surface area contributed by atoms with E-state index in [1.54, 1.807) is 23.2 Å². The summed E-state index contributed by atoms with van der Waals surface area (Å²) in [5.41, 5.74) is 2.14. The van der Waals surface area contributed by atoms with E-state index in [0.717, 1.165) is 18.5 Å². The van der Waals surface area contributed by atoms with Crippen LogP contribution in [-0.2, 0) is 4.74 Å². The van der Waals surface area contributed by atoms with E-state index in [1.165, 1.54) is 4.90 Å². The van der Waals surface area contributed by atoms with Crippen LogP contribution in [0.5, 0.6) is 0 Å². The molecule has 10 heteroatoms. The summed E-state index contributed by atoms with van der Waals surface area (Å²) >= 11 is 0. The molecular formula is C24H27N7O3. The minimum atomic E-state index is -0.363. The van der Waals surface area contributed by atoms with Gasteiger partial charge in [-0.3, -0.25) is 14.7 Å². The fourth-order valence-corrected chi connectivity index (χ4v) is 3.86. The maximum Gasteiger partial charge on any atom is 0.414 e.